The predicted octanol–water partition coefficient (Wildman–Crippen LogP) is 3.67. The quantitative estimate of drug-likeness (QED) is 0.555. The van der Waals surface area contributed by atoms with E-state index in [2.05, 4.69) is 9.71 Å². The molecule has 33 heavy (non-hydrogen) atoms. The van der Waals surface area contributed by atoms with Gasteiger partial charge in [0.15, 0.2) is 12.1 Å². The maximum atomic E-state index is 15.7. The number of amides is 1. The van der Waals surface area contributed by atoms with Crippen molar-refractivity contribution < 1.29 is 22.5 Å². The van der Waals surface area contributed by atoms with E-state index in [1.165, 1.54) is 12.5 Å². The van der Waals surface area contributed by atoms with Crippen molar-refractivity contribution in [1.29, 1.82) is 0 Å². The summed E-state index contributed by atoms with van der Waals surface area (Å²) in [7, 11) is 0. The zero-order valence-corrected chi connectivity index (χ0v) is 18.7. The van der Waals surface area contributed by atoms with E-state index in [0.29, 0.717) is 11.1 Å². The van der Waals surface area contributed by atoms with Gasteiger partial charge in [0.1, 0.15) is 30.0 Å². The fraction of sp³-hybridized carbons (Fsp3) is 0.333. The highest BCUT2D eigenvalue weighted by Gasteiger charge is 2.64. The lowest BCUT2D eigenvalue weighted by Gasteiger charge is -2.60. The summed E-state index contributed by atoms with van der Waals surface area (Å²) in [6.07, 6.45) is 4.15. The summed E-state index contributed by atoms with van der Waals surface area (Å²) >= 11 is -1.52. The molecule has 9 heteroatoms. The van der Waals surface area contributed by atoms with E-state index < -0.39 is 40.8 Å². The number of alkyl halides is 1. The number of oxazole rings is 1. The number of rotatable bonds is 6. The molecular formula is C24H23F2N3O3S. The molecule has 0 radical (unpaired) electrons. The van der Waals surface area contributed by atoms with Crippen LogP contribution in [0.5, 0.6) is 0 Å². The van der Waals surface area contributed by atoms with Crippen LogP contribution in [0.2, 0.25) is 0 Å². The normalized spacial score (nSPS) is 27.2. The van der Waals surface area contributed by atoms with E-state index >= 15 is 8.78 Å². The van der Waals surface area contributed by atoms with Crippen LogP contribution in [-0.4, -0.2) is 50.4 Å². The van der Waals surface area contributed by atoms with Gasteiger partial charge in [-0.15, -0.1) is 4.72 Å². The zero-order chi connectivity index (χ0) is 23.2. The number of carbonyl (C=O) groups is 1. The van der Waals surface area contributed by atoms with Crippen molar-refractivity contribution in [1.82, 2.24) is 14.6 Å². The maximum absolute atomic E-state index is 15.7. The summed E-state index contributed by atoms with van der Waals surface area (Å²) in [4.78, 5) is 18.8. The molecule has 1 unspecified atom stereocenters. The van der Waals surface area contributed by atoms with E-state index in [-0.39, 0.29) is 31.0 Å². The molecule has 1 N–H and O–H groups in total. The number of piperidine rings is 2. The molecule has 0 spiro atoms. The van der Waals surface area contributed by atoms with Crippen LogP contribution >= 0.6 is 0 Å². The third kappa shape index (κ3) is 3.94. The van der Waals surface area contributed by atoms with E-state index in [9.17, 15) is 9.35 Å². The largest absolute Gasteiger partial charge is 0.598 e. The second-order valence-corrected chi connectivity index (χ2v) is 9.79. The highest BCUT2D eigenvalue weighted by atomic mass is 32.2. The fourth-order valence-corrected chi connectivity index (χ4v) is 5.83. The standard InChI is InChI=1S/C24H23F2N3O3S/c1-33(31)28-22-20(10-16-8-5-9-18(21(16)25)15-6-3-2-4-7-15)29(17-11-24(22,26)12-17)23(30)19-13-32-14-27-19/h2-9,13-14,17,20,22,28H,10-12H2,1H3/t17?,20-,22+,24?,33?/m0/s1. The number of fused-ring (bicyclic) bond motifs is 2. The van der Waals surface area contributed by atoms with E-state index in [0.717, 1.165) is 12.0 Å². The van der Waals surface area contributed by atoms with Crippen LogP contribution in [-0.2, 0) is 17.8 Å². The third-order valence-electron chi connectivity index (χ3n) is 6.61. The van der Waals surface area contributed by atoms with Crippen LogP contribution in [0.25, 0.3) is 11.1 Å². The van der Waals surface area contributed by atoms with Crippen LogP contribution in [0.15, 0.2) is 65.6 Å². The lowest BCUT2D eigenvalue weighted by molar-refractivity contribution is -0.118. The first kappa shape index (κ1) is 22.1. The first-order chi connectivity index (χ1) is 15.9. The van der Waals surface area contributed by atoms with Crippen molar-refractivity contribution in [2.75, 3.05) is 6.26 Å². The molecular weight excluding hydrogens is 448 g/mol. The second kappa shape index (κ2) is 8.55. The summed E-state index contributed by atoms with van der Waals surface area (Å²) in [6.45, 7) is 0. The Hall–Kier alpha value is -2.75. The Morgan fingerprint density at radius 3 is 2.70 bits per heavy atom. The number of nitrogens with zero attached hydrogens (tertiary/aromatic N) is 2. The molecule has 1 saturated carbocycles. The van der Waals surface area contributed by atoms with Gasteiger partial charge in [-0.05, 0) is 17.5 Å². The SMILES string of the molecule is C[S+]([O-])N[C@@H]1[C@H](Cc2cccc(-c3ccccc3)c2F)N(C(=O)c2cocn2)C2CC1(F)C2. The van der Waals surface area contributed by atoms with Gasteiger partial charge >= 0.3 is 0 Å². The molecule has 2 aliphatic heterocycles. The molecule has 2 bridgehead atoms. The minimum Gasteiger partial charge on any atom is -0.598 e. The number of nitrogens with one attached hydrogen (secondary N) is 1. The van der Waals surface area contributed by atoms with Crippen LogP contribution < -0.4 is 4.72 Å². The predicted molar refractivity (Wildman–Crippen MR) is 120 cm³/mol. The fourth-order valence-electron chi connectivity index (χ4n) is 5.10. The molecule has 2 aromatic carbocycles. The highest BCUT2D eigenvalue weighted by molar-refractivity contribution is 7.88. The van der Waals surface area contributed by atoms with E-state index in [1.807, 2.05) is 30.3 Å². The van der Waals surface area contributed by atoms with Crippen molar-refractivity contribution in [2.24, 2.45) is 0 Å². The van der Waals surface area contributed by atoms with E-state index in [1.54, 1.807) is 23.1 Å². The molecule has 172 valence electrons. The minimum absolute atomic E-state index is 0.0626. The zero-order valence-electron chi connectivity index (χ0n) is 17.9. The smallest absolute Gasteiger partial charge is 0.276 e. The molecule has 1 aliphatic carbocycles. The Morgan fingerprint density at radius 1 is 1.27 bits per heavy atom. The number of halogens is 2. The lowest BCUT2D eigenvalue weighted by Crippen LogP contribution is -2.77. The van der Waals surface area contributed by atoms with Crippen LogP contribution in [0.4, 0.5) is 8.78 Å². The van der Waals surface area contributed by atoms with Crippen LogP contribution in [0.3, 0.4) is 0 Å². The second-order valence-electron chi connectivity index (χ2n) is 8.65. The van der Waals surface area contributed by atoms with Crippen molar-refractivity contribution in [3.8, 4) is 11.1 Å². The van der Waals surface area contributed by atoms with Gasteiger partial charge in [-0.25, -0.2) is 13.8 Å². The summed E-state index contributed by atoms with van der Waals surface area (Å²) in [5, 5.41) is 0. The third-order valence-corrected chi connectivity index (χ3v) is 7.20. The van der Waals surface area contributed by atoms with Gasteiger partial charge in [-0.2, -0.15) is 0 Å². The minimum atomic E-state index is -1.62. The molecule has 2 saturated heterocycles. The number of hydrogen-bond donors (Lipinski definition) is 1. The summed E-state index contributed by atoms with van der Waals surface area (Å²) < 4.78 is 51.1. The molecule has 6 nitrogen and oxygen atoms in total. The Morgan fingerprint density at radius 2 is 2.03 bits per heavy atom. The van der Waals surface area contributed by atoms with Gasteiger partial charge in [0.05, 0.1) is 6.04 Å². The van der Waals surface area contributed by atoms with Gasteiger partial charge in [-0.3, -0.25) is 4.79 Å². The Balaban J connectivity index is 1.53. The first-order valence-corrected chi connectivity index (χ1v) is 12.3. The highest BCUT2D eigenvalue weighted by Crippen LogP contribution is 2.50. The number of benzene rings is 2. The average molecular weight is 472 g/mol. The average Bonchev–Trinajstić information content (AvgIpc) is 3.31. The Bertz CT molecular complexity index is 1140. The van der Waals surface area contributed by atoms with Gasteiger partial charge in [0.25, 0.3) is 5.91 Å². The lowest BCUT2D eigenvalue weighted by atomic mass is 9.64. The number of hydrogen-bond acceptors (Lipinski definition) is 5. The summed E-state index contributed by atoms with van der Waals surface area (Å²) in [5.74, 6) is -0.824. The molecule has 3 fully saturated rings. The molecule has 3 heterocycles. The van der Waals surface area contributed by atoms with E-state index in [4.69, 9.17) is 4.42 Å². The van der Waals surface area contributed by atoms with Crippen molar-refractivity contribution >= 4 is 17.3 Å². The molecule has 3 atom stereocenters. The van der Waals surface area contributed by atoms with Gasteiger partial charge in [0.2, 0.25) is 0 Å². The monoisotopic (exact) mass is 471 g/mol. The summed E-state index contributed by atoms with van der Waals surface area (Å²) in [5.41, 5.74) is 0.00737. The topological polar surface area (TPSA) is 81.4 Å². The maximum Gasteiger partial charge on any atom is 0.276 e. The van der Waals surface area contributed by atoms with Crippen molar-refractivity contribution in [3.05, 3.63) is 78.3 Å². The van der Waals surface area contributed by atoms with Crippen LogP contribution in [0, 0.1) is 5.82 Å². The van der Waals surface area contributed by atoms with Gasteiger partial charge in [0, 0.05) is 35.8 Å². The number of aromatic nitrogens is 1. The van der Waals surface area contributed by atoms with Gasteiger partial charge < -0.3 is 13.9 Å². The first-order valence-electron chi connectivity index (χ1n) is 10.7. The summed E-state index contributed by atoms with van der Waals surface area (Å²) in [6, 6.07) is 12.2. The molecule has 3 aromatic rings. The van der Waals surface area contributed by atoms with Crippen LogP contribution in [0.1, 0.15) is 28.9 Å². The molecule has 6 rings (SSSR count). The molecule has 1 amide bonds. The molecule has 3 aliphatic rings. The Kier molecular flexibility index (Phi) is 5.72. The number of carbonyl (C=O) groups excluding carboxylic acids is 1. The van der Waals surface area contributed by atoms with Crippen molar-refractivity contribution in [3.63, 3.8) is 0 Å². The van der Waals surface area contributed by atoms with Gasteiger partial charge in [-0.1, -0.05) is 48.5 Å². The Labute approximate surface area is 193 Å². The van der Waals surface area contributed by atoms with Crippen molar-refractivity contribution in [2.45, 2.75) is 43.1 Å². The molecule has 1 aromatic heterocycles.